The molecule has 5 heteroatoms. The SMILES string of the molecule is COc1ccc(C2C(=C(O)c3ccccc3)C(=N)N(c3ccccc3)C3=C2C(=O)CCC3)cc1. The lowest BCUT2D eigenvalue weighted by Crippen LogP contribution is -2.42. The molecule has 1 aliphatic heterocycles. The van der Waals surface area contributed by atoms with Crippen LogP contribution in [0.25, 0.3) is 5.76 Å². The number of para-hydroxylation sites is 1. The first-order chi connectivity index (χ1) is 16.6. The van der Waals surface area contributed by atoms with Crippen LogP contribution in [-0.4, -0.2) is 23.8 Å². The Hall–Kier alpha value is -4.12. The van der Waals surface area contributed by atoms with Crippen LogP contribution in [0.2, 0.25) is 0 Å². The highest BCUT2D eigenvalue weighted by Gasteiger charge is 2.43. The zero-order valence-corrected chi connectivity index (χ0v) is 19.0. The van der Waals surface area contributed by atoms with Crippen LogP contribution in [0.3, 0.4) is 0 Å². The van der Waals surface area contributed by atoms with Gasteiger partial charge in [0.15, 0.2) is 5.78 Å². The Morgan fingerprint density at radius 3 is 2.24 bits per heavy atom. The molecule has 5 rings (SSSR count). The van der Waals surface area contributed by atoms with Gasteiger partial charge in [-0.25, -0.2) is 0 Å². The van der Waals surface area contributed by atoms with Crippen LogP contribution in [0.1, 0.15) is 36.3 Å². The summed E-state index contributed by atoms with van der Waals surface area (Å²) >= 11 is 0. The lowest BCUT2D eigenvalue weighted by molar-refractivity contribution is -0.116. The number of Topliss-reactive ketones (excluding diaryl/α,β-unsaturated/α-hetero) is 1. The number of carbonyl (C=O) groups is 1. The van der Waals surface area contributed by atoms with Crippen molar-refractivity contribution in [2.75, 3.05) is 12.0 Å². The van der Waals surface area contributed by atoms with E-state index in [1.54, 1.807) is 7.11 Å². The molecule has 2 N–H and O–H groups in total. The quantitative estimate of drug-likeness (QED) is 0.461. The minimum absolute atomic E-state index is 0.0114. The summed E-state index contributed by atoms with van der Waals surface area (Å²) in [5.74, 6) is 0.428. The maximum atomic E-state index is 13.4. The zero-order chi connectivity index (χ0) is 23.7. The summed E-state index contributed by atoms with van der Waals surface area (Å²) in [5, 5.41) is 20.8. The van der Waals surface area contributed by atoms with Crippen molar-refractivity contribution in [2.45, 2.75) is 25.2 Å². The second-order valence-corrected chi connectivity index (χ2v) is 8.49. The third kappa shape index (κ3) is 3.69. The summed E-state index contributed by atoms with van der Waals surface area (Å²) in [6.07, 6.45) is 1.90. The number of amidine groups is 1. The van der Waals surface area contributed by atoms with Gasteiger partial charge in [-0.15, -0.1) is 0 Å². The second kappa shape index (κ2) is 9.02. The number of hydrogen-bond donors (Lipinski definition) is 2. The number of nitrogens with zero attached hydrogens (tertiary/aromatic N) is 1. The number of benzene rings is 3. The highest BCUT2D eigenvalue weighted by molar-refractivity contribution is 6.19. The summed E-state index contributed by atoms with van der Waals surface area (Å²) < 4.78 is 5.33. The van der Waals surface area contributed by atoms with E-state index in [1.807, 2.05) is 89.8 Å². The normalized spacial score (nSPS) is 19.7. The molecule has 0 aromatic heterocycles. The molecule has 1 aliphatic carbocycles. The maximum Gasteiger partial charge on any atom is 0.161 e. The Bertz CT molecular complexity index is 1290. The Kier molecular flexibility index (Phi) is 5.76. The van der Waals surface area contributed by atoms with E-state index in [1.165, 1.54) is 0 Å². The van der Waals surface area contributed by atoms with Gasteiger partial charge in [0.05, 0.1) is 7.11 Å². The zero-order valence-electron chi connectivity index (χ0n) is 19.0. The van der Waals surface area contributed by atoms with Crippen molar-refractivity contribution < 1.29 is 14.6 Å². The van der Waals surface area contributed by atoms with Crippen LogP contribution in [0.4, 0.5) is 5.69 Å². The summed E-state index contributed by atoms with van der Waals surface area (Å²) in [6, 6.07) is 26.4. The Labute approximate surface area is 199 Å². The van der Waals surface area contributed by atoms with Crippen molar-refractivity contribution in [2.24, 2.45) is 0 Å². The van der Waals surface area contributed by atoms with Crippen LogP contribution in [0, 0.1) is 5.41 Å². The number of ketones is 1. The molecule has 1 heterocycles. The lowest BCUT2D eigenvalue weighted by Gasteiger charge is -2.41. The summed E-state index contributed by atoms with van der Waals surface area (Å²) in [4.78, 5) is 15.3. The predicted octanol–water partition coefficient (Wildman–Crippen LogP) is 6.25. The maximum absolute atomic E-state index is 13.4. The number of anilines is 1. The molecule has 2 aliphatic rings. The first-order valence-electron chi connectivity index (χ1n) is 11.4. The molecule has 0 fully saturated rings. The van der Waals surface area contributed by atoms with Gasteiger partial charge in [-0.2, -0.15) is 0 Å². The molecule has 5 nitrogen and oxygen atoms in total. The number of aliphatic hydroxyl groups is 1. The molecule has 3 aromatic rings. The molecule has 1 unspecified atom stereocenters. The van der Waals surface area contributed by atoms with Crippen molar-refractivity contribution >= 4 is 23.1 Å². The Morgan fingerprint density at radius 1 is 0.941 bits per heavy atom. The summed E-state index contributed by atoms with van der Waals surface area (Å²) in [6.45, 7) is 0. The minimum Gasteiger partial charge on any atom is -0.507 e. The summed E-state index contributed by atoms with van der Waals surface area (Å²) in [5.41, 5.74) is 4.20. The lowest BCUT2D eigenvalue weighted by atomic mass is 9.73. The minimum atomic E-state index is -0.540. The van der Waals surface area contributed by atoms with Crippen molar-refractivity contribution in [1.82, 2.24) is 0 Å². The van der Waals surface area contributed by atoms with Crippen molar-refractivity contribution in [1.29, 1.82) is 5.41 Å². The van der Waals surface area contributed by atoms with E-state index in [9.17, 15) is 15.3 Å². The van der Waals surface area contributed by atoms with Gasteiger partial charge in [0.1, 0.15) is 17.3 Å². The van der Waals surface area contributed by atoms with E-state index >= 15 is 0 Å². The third-order valence-corrected chi connectivity index (χ3v) is 6.52. The fourth-order valence-electron chi connectivity index (χ4n) is 4.94. The fraction of sp³-hybridized carbons (Fsp3) is 0.172. The van der Waals surface area contributed by atoms with Crippen LogP contribution in [0.5, 0.6) is 5.75 Å². The van der Waals surface area contributed by atoms with Gasteiger partial charge >= 0.3 is 0 Å². The average Bonchev–Trinajstić information content (AvgIpc) is 2.89. The molecular weight excluding hydrogens is 424 g/mol. The number of carbonyl (C=O) groups excluding carboxylic acids is 1. The van der Waals surface area contributed by atoms with Gasteiger partial charge in [0.25, 0.3) is 0 Å². The van der Waals surface area contributed by atoms with Crippen LogP contribution >= 0.6 is 0 Å². The molecule has 1 atom stereocenters. The largest absolute Gasteiger partial charge is 0.507 e. The van der Waals surface area contributed by atoms with E-state index in [2.05, 4.69) is 0 Å². The van der Waals surface area contributed by atoms with Crippen molar-refractivity contribution in [3.8, 4) is 5.75 Å². The fourth-order valence-corrected chi connectivity index (χ4v) is 4.94. The van der Waals surface area contributed by atoms with E-state index in [0.29, 0.717) is 35.3 Å². The molecule has 34 heavy (non-hydrogen) atoms. The number of nitrogens with one attached hydrogen (secondary N) is 1. The van der Waals surface area contributed by atoms with Crippen LogP contribution in [0.15, 0.2) is 102 Å². The Morgan fingerprint density at radius 2 is 1.59 bits per heavy atom. The van der Waals surface area contributed by atoms with Gasteiger partial charge in [0.2, 0.25) is 0 Å². The van der Waals surface area contributed by atoms with Gasteiger partial charge in [-0.1, -0.05) is 60.7 Å². The smallest absolute Gasteiger partial charge is 0.161 e. The topological polar surface area (TPSA) is 73.6 Å². The molecule has 0 bridgehead atoms. The monoisotopic (exact) mass is 450 g/mol. The van der Waals surface area contributed by atoms with Gasteiger partial charge < -0.3 is 9.84 Å². The number of rotatable bonds is 4. The van der Waals surface area contributed by atoms with Crippen molar-refractivity contribution in [3.63, 3.8) is 0 Å². The first kappa shape index (κ1) is 21.7. The third-order valence-electron chi connectivity index (χ3n) is 6.52. The van der Waals surface area contributed by atoms with Crippen LogP contribution < -0.4 is 9.64 Å². The predicted molar refractivity (Wildman–Crippen MR) is 134 cm³/mol. The van der Waals surface area contributed by atoms with Crippen LogP contribution in [-0.2, 0) is 4.79 Å². The molecule has 3 aromatic carbocycles. The number of ether oxygens (including phenoxy) is 1. The number of hydrogen-bond acceptors (Lipinski definition) is 4. The van der Waals surface area contributed by atoms with Gasteiger partial charge in [-0.05, 0) is 42.7 Å². The van der Waals surface area contributed by atoms with E-state index in [4.69, 9.17) is 4.74 Å². The molecule has 170 valence electrons. The Balaban J connectivity index is 1.81. The van der Waals surface area contributed by atoms with E-state index < -0.39 is 5.92 Å². The van der Waals surface area contributed by atoms with Gasteiger partial charge in [0, 0.05) is 40.4 Å². The van der Waals surface area contributed by atoms with E-state index in [0.717, 1.165) is 23.4 Å². The molecule has 0 radical (unpaired) electrons. The molecule has 0 amide bonds. The van der Waals surface area contributed by atoms with Crippen molar-refractivity contribution in [3.05, 3.63) is 113 Å². The molecule has 0 spiro atoms. The summed E-state index contributed by atoms with van der Waals surface area (Å²) in [7, 11) is 1.61. The number of allylic oxidation sites excluding steroid dienone is 2. The molecule has 0 saturated heterocycles. The highest BCUT2D eigenvalue weighted by atomic mass is 16.5. The number of aliphatic hydroxyl groups excluding tert-OH is 1. The second-order valence-electron chi connectivity index (χ2n) is 8.49. The first-order valence-corrected chi connectivity index (χ1v) is 11.4. The number of methoxy groups -OCH3 is 1. The molecule has 0 saturated carbocycles. The average molecular weight is 451 g/mol. The standard InChI is InChI=1S/C29H26N2O3/c1-34-22-17-15-19(16-18-22)25-26-23(13-8-14-24(26)32)31(21-11-6-3-7-12-21)29(30)27(25)28(33)20-9-4-2-5-10-20/h2-7,9-12,15-18,25,30,33H,8,13-14H2,1H3. The highest BCUT2D eigenvalue weighted by Crippen LogP contribution is 2.48. The van der Waals surface area contributed by atoms with Gasteiger partial charge in [-0.3, -0.25) is 15.1 Å². The van der Waals surface area contributed by atoms with E-state index in [-0.39, 0.29) is 17.4 Å². The molecular formula is C29H26N2O3.